The molecule has 8 heteroatoms. The van der Waals surface area contributed by atoms with Crippen LogP contribution < -0.4 is 15.4 Å². The maximum Gasteiger partial charge on any atom is 0.323 e. The van der Waals surface area contributed by atoms with Gasteiger partial charge in [0, 0.05) is 17.8 Å². The zero-order valence-electron chi connectivity index (χ0n) is 13.9. The van der Waals surface area contributed by atoms with Crippen molar-refractivity contribution in [1.29, 1.82) is 0 Å². The molecule has 7 nitrogen and oxygen atoms in total. The maximum atomic E-state index is 12.0. The molecule has 27 heavy (non-hydrogen) atoms. The van der Waals surface area contributed by atoms with Crippen molar-refractivity contribution in [3.63, 3.8) is 0 Å². The lowest BCUT2D eigenvalue weighted by atomic mass is 10.3. The number of carbonyl (C=O) groups excluding carboxylic acids is 1. The predicted octanol–water partition coefficient (Wildman–Crippen LogP) is 5.68. The second kappa shape index (κ2) is 8.20. The van der Waals surface area contributed by atoms with Gasteiger partial charge in [-0.05, 0) is 48.5 Å². The van der Waals surface area contributed by atoms with Crippen LogP contribution in [0.15, 0.2) is 72.8 Å². The van der Waals surface area contributed by atoms with Crippen molar-refractivity contribution in [1.82, 2.24) is 0 Å². The molecule has 0 spiro atoms. The molecule has 0 saturated heterocycles. The number of nitro groups is 1. The van der Waals surface area contributed by atoms with Crippen LogP contribution in [0.5, 0.6) is 11.5 Å². The fraction of sp³-hybridized carbons (Fsp3) is 0. The van der Waals surface area contributed by atoms with Crippen LogP contribution in [0.3, 0.4) is 0 Å². The fourth-order valence-electron chi connectivity index (χ4n) is 2.23. The molecule has 0 unspecified atom stereocenters. The topological polar surface area (TPSA) is 93.5 Å². The molecule has 0 fully saturated rings. The van der Waals surface area contributed by atoms with E-state index in [9.17, 15) is 14.9 Å². The Morgan fingerprint density at radius 3 is 2.07 bits per heavy atom. The van der Waals surface area contributed by atoms with E-state index >= 15 is 0 Å². The smallest absolute Gasteiger partial charge is 0.323 e. The summed E-state index contributed by atoms with van der Waals surface area (Å²) < 4.78 is 5.62. The minimum absolute atomic E-state index is 0.00794. The SMILES string of the molecule is O=C(Nc1ccc(Oc2ccc([N+](=O)[O-])cc2)cc1)Nc1ccccc1Cl. The highest BCUT2D eigenvalue weighted by Gasteiger charge is 2.07. The molecule has 0 aliphatic carbocycles. The Bertz CT molecular complexity index is 959. The van der Waals surface area contributed by atoms with Gasteiger partial charge in [0.1, 0.15) is 11.5 Å². The van der Waals surface area contributed by atoms with Crippen molar-refractivity contribution in [2.75, 3.05) is 10.6 Å². The fourth-order valence-corrected chi connectivity index (χ4v) is 2.41. The Morgan fingerprint density at radius 1 is 0.889 bits per heavy atom. The maximum absolute atomic E-state index is 12.0. The molecule has 0 radical (unpaired) electrons. The highest BCUT2D eigenvalue weighted by atomic mass is 35.5. The molecule has 3 aromatic carbocycles. The second-order valence-electron chi connectivity index (χ2n) is 5.44. The lowest BCUT2D eigenvalue weighted by molar-refractivity contribution is -0.384. The predicted molar refractivity (Wildman–Crippen MR) is 104 cm³/mol. The first-order valence-corrected chi connectivity index (χ1v) is 8.24. The molecular formula is C19H14ClN3O4. The number of carbonyl (C=O) groups is 1. The summed E-state index contributed by atoms with van der Waals surface area (Å²) in [7, 11) is 0. The summed E-state index contributed by atoms with van der Waals surface area (Å²) in [5.74, 6) is 0.999. The van der Waals surface area contributed by atoms with E-state index in [0.717, 1.165) is 0 Å². The number of nitro benzene ring substituents is 1. The molecule has 0 aliphatic rings. The standard InChI is InChI=1S/C19H14ClN3O4/c20-17-3-1-2-4-18(17)22-19(24)21-13-5-9-15(10-6-13)27-16-11-7-14(8-12-16)23(25)26/h1-12H,(H2,21,22,24). The van der Waals surface area contributed by atoms with Crippen LogP contribution in [0.4, 0.5) is 21.9 Å². The highest BCUT2D eigenvalue weighted by Crippen LogP contribution is 2.25. The third kappa shape index (κ3) is 4.96. The normalized spacial score (nSPS) is 10.1. The van der Waals surface area contributed by atoms with Crippen molar-refractivity contribution >= 4 is 34.7 Å². The summed E-state index contributed by atoms with van der Waals surface area (Å²) >= 11 is 6.00. The summed E-state index contributed by atoms with van der Waals surface area (Å²) in [5.41, 5.74) is 1.07. The van der Waals surface area contributed by atoms with Crippen LogP contribution in [0.25, 0.3) is 0 Å². The van der Waals surface area contributed by atoms with E-state index in [4.69, 9.17) is 16.3 Å². The van der Waals surface area contributed by atoms with Gasteiger partial charge >= 0.3 is 6.03 Å². The van der Waals surface area contributed by atoms with Gasteiger partial charge < -0.3 is 15.4 Å². The van der Waals surface area contributed by atoms with Crippen LogP contribution in [-0.2, 0) is 0 Å². The number of nitrogens with one attached hydrogen (secondary N) is 2. The van der Waals surface area contributed by atoms with E-state index in [1.165, 1.54) is 24.3 Å². The van der Waals surface area contributed by atoms with E-state index < -0.39 is 11.0 Å². The Labute approximate surface area is 159 Å². The van der Waals surface area contributed by atoms with Crippen LogP contribution >= 0.6 is 11.6 Å². The van der Waals surface area contributed by atoms with Gasteiger partial charge in [-0.25, -0.2) is 4.79 Å². The van der Waals surface area contributed by atoms with Gasteiger partial charge in [0.2, 0.25) is 0 Å². The Kier molecular flexibility index (Phi) is 5.53. The van der Waals surface area contributed by atoms with Crippen molar-refractivity contribution in [2.24, 2.45) is 0 Å². The van der Waals surface area contributed by atoms with Crippen molar-refractivity contribution in [2.45, 2.75) is 0 Å². The number of rotatable bonds is 5. The van der Waals surface area contributed by atoms with Gasteiger partial charge in [-0.2, -0.15) is 0 Å². The van der Waals surface area contributed by atoms with Gasteiger partial charge in [0.05, 0.1) is 15.6 Å². The number of benzene rings is 3. The molecule has 0 bridgehead atoms. The molecule has 3 rings (SSSR count). The number of hydrogen-bond acceptors (Lipinski definition) is 4. The number of ether oxygens (including phenoxy) is 1. The molecule has 2 N–H and O–H groups in total. The van der Waals surface area contributed by atoms with Gasteiger partial charge in [-0.3, -0.25) is 10.1 Å². The summed E-state index contributed by atoms with van der Waals surface area (Å²) in [6.07, 6.45) is 0. The molecule has 0 saturated carbocycles. The first-order valence-electron chi connectivity index (χ1n) is 7.86. The minimum atomic E-state index is -0.474. The monoisotopic (exact) mass is 383 g/mol. The van der Waals surface area contributed by atoms with E-state index in [-0.39, 0.29) is 5.69 Å². The number of amides is 2. The van der Waals surface area contributed by atoms with Crippen LogP contribution in [0.1, 0.15) is 0 Å². The minimum Gasteiger partial charge on any atom is -0.457 e. The zero-order valence-corrected chi connectivity index (χ0v) is 14.6. The lowest BCUT2D eigenvalue weighted by Gasteiger charge is -2.10. The highest BCUT2D eigenvalue weighted by molar-refractivity contribution is 6.33. The molecule has 0 aliphatic heterocycles. The molecule has 2 amide bonds. The number of urea groups is 1. The summed E-state index contributed by atoms with van der Waals surface area (Å²) in [6.45, 7) is 0. The molecule has 136 valence electrons. The van der Waals surface area contributed by atoms with Crippen molar-refractivity contribution < 1.29 is 14.5 Å². The quantitative estimate of drug-likeness (QED) is 0.437. The second-order valence-corrected chi connectivity index (χ2v) is 5.84. The Balaban J connectivity index is 1.59. The molecule has 0 heterocycles. The largest absolute Gasteiger partial charge is 0.457 e. The van der Waals surface area contributed by atoms with Crippen molar-refractivity contribution in [3.05, 3.63) is 87.9 Å². The van der Waals surface area contributed by atoms with Crippen molar-refractivity contribution in [3.8, 4) is 11.5 Å². The first-order chi connectivity index (χ1) is 13.0. The van der Waals surface area contributed by atoms with E-state index in [0.29, 0.717) is 27.9 Å². The summed E-state index contributed by atoms with van der Waals surface area (Å²) in [5, 5.41) is 16.4. The van der Waals surface area contributed by atoms with Crippen LogP contribution in [0.2, 0.25) is 5.02 Å². The average molecular weight is 384 g/mol. The number of anilines is 2. The van der Waals surface area contributed by atoms with Gasteiger partial charge in [0.25, 0.3) is 5.69 Å². The average Bonchev–Trinajstić information content (AvgIpc) is 2.66. The zero-order chi connectivity index (χ0) is 19.2. The van der Waals surface area contributed by atoms with E-state index in [1.807, 2.05) is 0 Å². The van der Waals surface area contributed by atoms with Crippen LogP contribution in [-0.4, -0.2) is 11.0 Å². The third-order valence-corrected chi connectivity index (χ3v) is 3.85. The van der Waals surface area contributed by atoms with E-state index in [2.05, 4.69) is 10.6 Å². The number of hydrogen-bond donors (Lipinski definition) is 2. The number of halogens is 1. The molecular weight excluding hydrogens is 370 g/mol. The molecule has 0 atom stereocenters. The van der Waals surface area contributed by atoms with E-state index in [1.54, 1.807) is 48.5 Å². The third-order valence-electron chi connectivity index (χ3n) is 3.52. The number of non-ortho nitro benzene ring substituents is 1. The number of nitrogens with zero attached hydrogens (tertiary/aromatic N) is 1. The first kappa shape index (κ1) is 18.2. The van der Waals surface area contributed by atoms with Gasteiger partial charge in [-0.1, -0.05) is 23.7 Å². The Hall–Kier alpha value is -3.58. The molecule has 0 aromatic heterocycles. The summed E-state index contributed by atoms with van der Waals surface area (Å²) in [4.78, 5) is 22.2. The number of para-hydroxylation sites is 1. The van der Waals surface area contributed by atoms with Gasteiger partial charge in [0.15, 0.2) is 0 Å². The summed E-state index contributed by atoms with van der Waals surface area (Å²) in [6, 6.07) is 19.0. The molecule has 3 aromatic rings. The van der Waals surface area contributed by atoms with Crippen LogP contribution in [0, 0.1) is 10.1 Å². The Morgan fingerprint density at radius 2 is 1.48 bits per heavy atom. The van der Waals surface area contributed by atoms with Gasteiger partial charge in [-0.15, -0.1) is 0 Å². The lowest BCUT2D eigenvalue weighted by Crippen LogP contribution is -2.19.